The van der Waals surface area contributed by atoms with Crippen molar-refractivity contribution >= 4 is 55.4 Å². The molecule has 2 aliphatic carbocycles. The van der Waals surface area contributed by atoms with Crippen molar-refractivity contribution in [1.29, 1.82) is 0 Å². The summed E-state index contributed by atoms with van der Waals surface area (Å²) in [6, 6.07) is 31.4. The molecule has 2 amide bonds. The highest BCUT2D eigenvalue weighted by Crippen LogP contribution is 2.64. The first-order valence-electron chi connectivity index (χ1n) is 21.9. The van der Waals surface area contributed by atoms with E-state index >= 15 is 0 Å². The van der Waals surface area contributed by atoms with E-state index in [4.69, 9.17) is 9.47 Å². The zero-order chi connectivity index (χ0) is 39.1. The van der Waals surface area contributed by atoms with E-state index < -0.39 is 0 Å². The Kier molecular flexibility index (Phi) is 5.38. The van der Waals surface area contributed by atoms with Crippen LogP contribution < -0.4 is 10.6 Å². The first kappa shape index (κ1) is 31.7. The van der Waals surface area contributed by atoms with Crippen LogP contribution in [0.5, 0.6) is 0 Å². The Balaban J connectivity index is 0.978. The number of hydrogen-bond acceptors (Lipinski definition) is 4. The molecular weight excluding hydrogens is 745 g/mol. The number of rotatable bonds is 2. The second kappa shape index (κ2) is 10.2. The second-order valence-corrected chi connectivity index (χ2v) is 18.6. The van der Waals surface area contributed by atoms with E-state index in [1.165, 1.54) is 60.5 Å². The van der Waals surface area contributed by atoms with Crippen molar-refractivity contribution in [3.8, 4) is 33.4 Å². The first-order valence-corrected chi connectivity index (χ1v) is 21.9. The van der Waals surface area contributed by atoms with Crippen LogP contribution in [-0.4, -0.2) is 33.2 Å². The Morgan fingerprint density at radius 2 is 1.37 bits per heavy atom. The molecule has 6 aliphatic heterocycles. The number of fused-ring (bicyclic) bond motifs is 26. The smallest absolute Gasteiger partial charge is 0.252 e. The molecule has 2 aromatic heterocycles. The lowest BCUT2D eigenvalue weighted by molar-refractivity contribution is -0.0184. The van der Waals surface area contributed by atoms with E-state index in [2.05, 4.69) is 112 Å². The van der Waals surface area contributed by atoms with E-state index in [9.17, 15) is 9.59 Å². The van der Waals surface area contributed by atoms with Crippen LogP contribution in [0.15, 0.2) is 84.9 Å². The van der Waals surface area contributed by atoms with Crippen LogP contribution in [0.4, 0.5) is 0 Å². The van der Waals surface area contributed by atoms with Crippen molar-refractivity contribution in [3.63, 3.8) is 0 Å². The first-order chi connectivity index (χ1) is 29.5. The molecular formula is C52H38N4O4. The summed E-state index contributed by atoms with van der Waals surface area (Å²) in [4.78, 5) is 28.1. The molecule has 6 aromatic carbocycles. The number of nitrogens with zero attached hydrogens (tertiary/aromatic N) is 2. The minimum absolute atomic E-state index is 0.0162. The van der Waals surface area contributed by atoms with Gasteiger partial charge in [0.1, 0.15) is 12.5 Å². The summed E-state index contributed by atoms with van der Waals surface area (Å²) in [7, 11) is 0. The SMILES string of the molecule is CCC12c3ccccc3-c3c4c(c5c6cc(-c7ccc8c(c7)-c7c9c(c%10c%11ccccc%11n%11c%10c7C8C7CCC%11O7)CNC9=O)ccc6n(c5c31)C1CCC2O1)CNC4=O. The summed E-state index contributed by atoms with van der Waals surface area (Å²) in [5.41, 5.74) is 20.3. The van der Waals surface area contributed by atoms with Crippen molar-refractivity contribution in [1.82, 2.24) is 19.8 Å². The Labute approximate surface area is 344 Å². The molecule has 290 valence electrons. The Hall–Kier alpha value is -6.22. The molecule has 16 rings (SSSR count). The van der Waals surface area contributed by atoms with Crippen molar-refractivity contribution in [3.05, 3.63) is 129 Å². The Bertz CT molecular complexity index is 3480. The van der Waals surface area contributed by atoms with Crippen molar-refractivity contribution in [2.24, 2.45) is 0 Å². The topological polar surface area (TPSA) is 86.5 Å². The number of carbonyl (C=O) groups excluding carboxylic acids is 2. The van der Waals surface area contributed by atoms with E-state index in [0.717, 1.165) is 93.1 Å². The molecule has 2 N–H and O–H groups in total. The van der Waals surface area contributed by atoms with Gasteiger partial charge in [0, 0.05) is 57.1 Å². The second-order valence-electron chi connectivity index (χ2n) is 18.6. The number of aromatic nitrogens is 2. The van der Waals surface area contributed by atoms with Gasteiger partial charge in [-0.1, -0.05) is 67.6 Å². The predicted octanol–water partition coefficient (Wildman–Crippen LogP) is 10.2. The fourth-order valence-corrected chi connectivity index (χ4v) is 14.4. The van der Waals surface area contributed by atoms with Gasteiger partial charge in [-0.3, -0.25) is 9.59 Å². The van der Waals surface area contributed by atoms with Gasteiger partial charge in [-0.05, 0) is 112 Å². The average molecular weight is 783 g/mol. The molecule has 8 heteroatoms. The highest BCUT2D eigenvalue weighted by atomic mass is 16.5. The van der Waals surface area contributed by atoms with Gasteiger partial charge in [0.05, 0.1) is 45.4 Å². The maximum absolute atomic E-state index is 14.1. The lowest BCUT2D eigenvalue weighted by Gasteiger charge is -2.35. The fraction of sp³-hybridized carbons (Fsp3) is 0.269. The molecule has 2 saturated heterocycles. The summed E-state index contributed by atoms with van der Waals surface area (Å²) >= 11 is 0. The Morgan fingerprint density at radius 1 is 0.667 bits per heavy atom. The van der Waals surface area contributed by atoms with Gasteiger partial charge in [-0.15, -0.1) is 0 Å². The highest BCUT2D eigenvalue weighted by Gasteiger charge is 2.57. The van der Waals surface area contributed by atoms with Gasteiger partial charge in [0.2, 0.25) is 0 Å². The summed E-state index contributed by atoms with van der Waals surface area (Å²) in [6.07, 6.45) is 4.80. The standard InChI is InChI=1S/C52H38N4O4/c1-2-52-32-9-5-3-7-26(32)43-45-31(22-54-51(45)58)40-29-20-24(12-14-34(29)56(49(40)47(43)52)38-18-16-36(52)60-38)23-11-13-25-28(19-23)42-44-30(21-53-50(44)57)39-27-8-4-6-10-33(27)55-37-17-15-35(59-37)41(25)46(42)48(39)55/h3-14,19-20,35-38,41H,2,15-18,21-22H2,1H3,(H,53,57)(H,54,58). The minimum Gasteiger partial charge on any atom is -0.354 e. The zero-order valence-corrected chi connectivity index (χ0v) is 32.9. The molecule has 2 fully saturated rings. The molecule has 6 atom stereocenters. The number of amides is 2. The monoisotopic (exact) mass is 782 g/mol. The van der Waals surface area contributed by atoms with Crippen molar-refractivity contribution in [2.45, 2.75) is 88.1 Å². The van der Waals surface area contributed by atoms with Gasteiger partial charge in [-0.2, -0.15) is 0 Å². The molecule has 0 saturated carbocycles. The van der Waals surface area contributed by atoms with Crippen molar-refractivity contribution < 1.29 is 19.1 Å². The van der Waals surface area contributed by atoms with Gasteiger partial charge in [-0.25, -0.2) is 0 Å². The van der Waals surface area contributed by atoms with Gasteiger partial charge in [0.15, 0.2) is 0 Å². The van der Waals surface area contributed by atoms with E-state index in [-0.39, 0.29) is 47.8 Å². The summed E-state index contributed by atoms with van der Waals surface area (Å²) in [5, 5.41) is 11.3. The quantitative estimate of drug-likeness (QED) is 0.183. The van der Waals surface area contributed by atoms with Crippen LogP contribution in [0.1, 0.15) is 111 Å². The number of carbonyl (C=O) groups is 2. The lowest BCUT2D eigenvalue weighted by Crippen LogP contribution is -2.38. The van der Waals surface area contributed by atoms with Gasteiger partial charge in [0.25, 0.3) is 11.8 Å². The fourth-order valence-electron chi connectivity index (χ4n) is 14.4. The molecule has 60 heavy (non-hydrogen) atoms. The number of benzene rings is 6. The zero-order valence-electron chi connectivity index (χ0n) is 32.9. The maximum atomic E-state index is 14.1. The lowest BCUT2D eigenvalue weighted by atomic mass is 9.69. The van der Waals surface area contributed by atoms with Gasteiger partial charge >= 0.3 is 0 Å². The Morgan fingerprint density at radius 3 is 2.23 bits per heavy atom. The number of ether oxygens (including phenoxy) is 2. The number of hydrogen-bond donors (Lipinski definition) is 2. The van der Waals surface area contributed by atoms with E-state index in [1.807, 2.05) is 0 Å². The van der Waals surface area contributed by atoms with E-state index in [0.29, 0.717) is 13.1 Å². The third-order valence-electron chi connectivity index (χ3n) is 16.4. The van der Waals surface area contributed by atoms with E-state index in [1.54, 1.807) is 0 Å². The predicted molar refractivity (Wildman–Crippen MR) is 230 cm³/mol. The number of para-hydroxylation sites is 1. The molecule has 0 spiro atoms. The van der Waals surface area contributed by atoms with Gasteiger partial charge < -0.3 is 29.2 Å². The van der Waals surface area contributed by atoms with Crippen LogP contribution >= 0.6 is 0 Å². The molecule has 0 radical (unpaired) electrons. The summed E-state index contributed by atoms with van der Waals surface area (Å²) in [5.74, 6) is 0.0958. The van der Waals surface area contributed by atoms with Crippen LogP contribution in [-0.2, 0) is 28.0 Å². The molecule has 6 unspecified atom stereocenters. The van der Waals surface area contributed by atoms with Crippen LogP contribution in [0.25, 0.3) is 77.0 Å². The minimum atomic E-state index is -0.332. The van der Waals surface area contributed by atoms with Crippen LogP contribution in [0.2, 0.25) is 0 Å². The molecule has 8 nitrogen and oxygen atoms in total. The third kappa shape index (κ3) is 3.25. The van der Waals surface area contributed by atoms with Crippen LogP contribution in [0, 0.1) is 0 Å². The largest absolute Gasteiger partial charge is 0.354 e. The van der Waals surface area contributed by atoms with Crippen LogP contribution in [0.3, 0.4) is 0 Å². The number of nitrogens with one attached hydrogen (secondary N) is 2. The summed E-state index contributed by atoms with van der Waals surface area (Å²) in [6.45, 7) is 3.35. The molecule has 8 aromatic rings. The molecule has 8 heterocycles. The normalized spacial score (nSPS) is 26.5. The highest BCUT2D eigenvalue weighted by molar-refractivity contribution is 6.23. The maximum Gasteiger partial charge on any atom is 0.252 e. The average Bonchev–Trinajstić information content (AvgIpc) is 4.14. The van der Waals surface area contributed by atoms with Crippen molar-refractivity contribution in [2.75, 3.05) is 0 Å². The molecule has 4 bridgehead atoms. The molecule has 8 aliphatic rings. The summed E-state index contributed by atoms with van der Waals surface area (Å²) < 4.78 is 19.1. The third-order valence-corrected chi connectivity index (χ3v) is 16.4.